The molecule has 0 aliphatic carbocycles. The summed E-state index contributed by atoms with van der Waals surface area (Å²) in [4.78, 5) is 7.51. The summed E-state index contributed by atoms with van der Waals surface area (Å²) in [6.45, 7) is 6.27. The molecule has 110 valence electrons. The van der Waals surface area contributed by atoms with E-state index in [0.717, 1.165) is 31.9 Å². The van der Waals surface area contributed by atoms with Crippen LogP contribution in [0.3, 0.4) is 0 Å². The van der Waals surface area contributed by atoms with Gasteiger partial charge in [0.25, 0.3) is 0 Å². The van der Waals surface area contributed by atoms with Gasteiger partial charge in [-0.1, -0.05) is 0 Å². The normalized spacial score (nSPS) is 11.7. The Morgan fingerprint density at radius 2 is 1.95 bits per heavy atom. The molecule has 0 saturated carbocycles. The first-order chi connectivity index (χ1) is 9.63. The Balaban J connectivity index is 1.92. The lowest BCUT2D eigenvalue weighted by Crippen LogP contribution is -2.26. The van der Waals surface area contributed by atoms with Crippen molar-refractivity contribution >= 4 is 11.3 Å². The number of aryl methyl sites for hydroxylation is 1. The molecule has 0 aliphatic heterocycles. The molecule has 0 atom stereocenters. The summed E-state index contributed by atoms with van der Waals surface area (Å²) in [5.41, 5.74) is 0. The van der Waals surface area contributed by atoms with E-state index in [1.807, 2.05) is 17.4 Å². The van der Waals surface area contributed by atoms with E-state index in [2.05, 4.69) is 49.0 Å². The van der Waals surface area contributed by atoms with Crippen LogP contribution in [0.15, 0.2) is 34.9 Å². The second-order valence-electron chi connectivity index (χ2n) is 5.46. The highest BCUT2D eigenvalue weighted by atomic mass is 32.1. The summed E-state index contributed by atoms with van der Waals surface area (Å²) in [6, 6.07) is 8.45. The van der Waals surface area contributed by atoms with Crippen LogP contribution in [-0.2, 0) is 13.1 Å². The molecule has 4 heteroatoms. The molecule has 0 bridgehead atoms. The van der Waals surface area contributed by atoms with Crippen molar-refractivity contribution < 1.29 is 4.42 Å². The van der Waals surface area contributed by atoms with Crippen LogP contribution in [0, 0.1) is 6.92 Å². The molecule has 0 spiro atoms. The minimum Gasteiger partial charge on any atom is -0.468 e. The molecule has 2 rings (SSSR count). The quantitative estimate of drug-likeness (QED) is 0.741. The van der Waals surface area contributed by atoms with Gasteiger partial charge in [-0.3, -0.25) is 4.90 Å². The highest BCUT2D eigenvalue weighted by Crippen LogP contribution is 2.18. The molecular formula is C16H24N2OS. The summed E-state index contributed by atoms with van der Waals surface area (Å²) >= 11 is 1.89. The van der Waals surface area contributed by atoms with Crippen LogP contribution in [0.4, 0.5) is 0 Å². The third-order valence-corrected chi connectivity index (χ3v) is 4.20. The molecule has 0 aliphatic rings. The van der Waals surface area contributed by atoms with Gasteiger partial charge in [-0.25, -0.2) is 0 Å². The summed E-state index contributed by atoms with van der Waals surface area (Å²) in [6.07, 6.45) is 2.93. The summed E-state index contributed by atoms with van der Waals surface area (Å²) < 4.78 is 5.49. The zero-order valence-corrected chi connectivity index (χ0v) is 13.4. The van der Waals surface area contributed by atoms with Crippen LogP contribution in [0.2, 0.25) is 0 Å². The minimum absolute atomic E-state index is 0.886. The molecule has 0 N–H and O–H groups in total. The Morgan fingerprint density at radius 3 is 2.55 bits per heavy atom. The molecule has 0 unspecified atom stereocenters. The van der Waals surface area contributed by atoms with Gasteiger partial charge in [0, 0.05) is 22.8 Å². The van der Waals surface area contributed by atoms with Crippen LogP contribution >= 0.6 is 11.3 Å². The van der Waals surface area contributed by atoms with Crippen molar-refractivity contribution in [2.24, 2.45) is 0 Å². The van der Waals surface area contributed by atoms with Crippen molar-refractivity contribution in [2.45, 2.75) is 26.4 Å². The topological polar surface area (TPSA) is 19.6 Å². The fourth-order valence-electron chi connectivity index (χ4n) is 2.24. The van der Waals surface area contributed by atoms with Crippen molar-refractivity contribution in [3.8, 4) is 0 Å². The minimum atomic E-state index is 0.886. The molecule has 0 aromatic carbocycles. The molecule has 2 aromatic rings. The van der Waals surface area contributed by atoms with E-state index >= 15 is 0 Å². The van der Waals surface area contributed by atoms with Gasteiger partial charge in [0.05, 0.1) is 12.8 Å². The van der Waals surface area contributed by atoms with Crippen LogP contribution in [0.25, 0.3) is 0 Å². The first-order valence-electron chi connectivity index (χ1n) is 7.08. The first-order valence-corrected chi connectivity index (χ1v) is 7.90. The smallest absolute Gasteiger partial charge is 0.117 e. The lowest BCUT2D eigenvalue weighted by molar-refractivity contribution is 0.224. The van der Waals surface area contributed by atoms with Crippen LogP contribution in [0.1, 0.15) is 21.9 Å². The molecule has 20 heavy (non-hydrogen) atoms. The number of furan rings is 1. The lowest BCUT2D eigenvalue weighted by atomic mass is 10.3. The van der Waals surface area contributed by atoms with E-state index in [1.165, 1.54) is 16.2 Å². The fraction of sp³-hybridized carbons (Fsp3) is 0.500. The molecule has 0 amide bonds. The van der Waals surface area contributed by atoms with Crippen LogP contribution in [-0.4, -0.2) is 37.0 Å². The summed E-state index contributed by atoms with van der Waals surface area (Å²) in [5.74, 6) is 1.04. The monoisotopic (exact) mass is 292 g/mol. The van der Waals surface area contributed by atoms with Gasteiger partial charge in [0.2, 0.25) is 0 Å². The van der Waals surface area contributed by atoms with E-state index in [4.69, 9.17) is 4.42 Å². The second-order valence-corrected chi connectivity index (χ2v) is 6.83. The van der Waals surface area contributed by atoms with E-state index < -0.39 is 0 Å². The van der Waals surface area contributed by atoms with Crippen molar-refractivity contribution in [1.29, 1.82) is 0 Å². The molecule has 0 saturated heterocycles. The maximum atomic E-state index is 5.49. The number of hydrogen-bond acceptors (Lipinski definition) is 4. The van der Waals surface area contributed by atoms with Gasteiger partial charge in [0.15, 0.2) is 0 Å². The number of nitrogens with zero attached hydrogens (tertiary/aromatic N) is 2. The molecule has 2 heterocycles. The third-order valence-electron chi connectivity index (χ3n) is 3.21. The lowest BCUT2D eigenvalue weighted by Gasteiger charge is -2.21. The number of thiophene rings is 1. The molecule has 0 radical (unpaired) electrons. The van der Waals surface area contributed by atoms with Gasteiger partial charge >= 0.3 is 0 Å². The molecule has 2 aromatic heterocycles. The molecule has 3 nitrogen and oxygen atoms in total. The van der Waals surface area contributed by atoms with Gasteiger partial charge in [0.1, 0.15) is 5.76 Å². The Kier molecular flexibility index (Phi) is 5.83. The molecular weight excluding hydrogens is 268 g/mol. The van der Waals surface area contributed by atoms with E-state index in [0.29, 0.717) is 0 Å². The molecule has 0 fully saturated rings. The van der Waals surface area contributed by atoms with Gasteiger partial charge in [-0.05, 0) is 58.3 Å². The maximum Gasteiger partial charge on any atom is 0.117 e. The SMILES string of the molecule is Cc1ccc(CN(CCCN(C)C)Cc2ccco2)s1. The Morgan fingerprint density at radius 1 is 1.10 bits per heavy atom. The highest BCUT2D eigenvalue weighted by Gasteiger charge is 2.10. The summed E-state index contributed by atoms with van der Waals surface area (Å²) in [5, 5.41) is 0. The first kappa shape index (κ1) is 15.3. The third kappa shape index (κ3) is 5.12. The average Bonchev–Trinajstić information content (AvgIpc) is 3.01. The number of rotatable bonds is 8. The zero-order chi connectivity index (χ0) is 14.4. The Hall–Kier alpha value is -1.10. The van der Waals surface area contributed by atoms with Gasteiger partial charge in [-0.15, -0.1) is 11.3 Å². The van der Waals surface area contributed by atoms with Gasteiger partial charge in [-0.2, -0.15) is 0 Å². The second kappa shape index (κ2) is 7.62. The zero-order valence-electron chi connectivity index (χ0n) is 12.6. The highest BCUT2D eigenvalue weighted by molar-refractivity contribution is 7.11. The van der Waals surface area contributed by atoms with E-state index in [-0.39, 0.29) is 0 Å². The van der Waals surface area contributed by atoms with Crippen LogP contribution in [0.5, 0.6) is 0 Å². The maximum absolute atomic E-state index is 5.49. The van der Waals surface area contributed by atoms with Crippen molar-refractivity contribution in [3.05, 3.63) is 46.0 Å². The Bertz CT molecular complexity index is 490. The predicted octanol–water partition coefficient (Wildman–Crippen LogP) is 3.60. The predicted molar refractivity (Wildman–Crippen MR) is 85.0 cm³/mol. The van der Waals surface area contributed by atoms with Crippen molar-refractivity contribution in [3.63, 3.8) is 0 Å². The van der Waals surface area contributed by atoms with Crippen molar-refractivity contribution in [2.75, 3.05) is 27.2 Å². The van der Waals surface area contributed by atoms with E-state index in [9.17, 15) is 0 Å². The number of hydrogen-bond donors (Lipinski definition) is 0. The Labute approximate surface area is 125 Å². The standard InChI is InChI=1S/C16H24N2OS/c1-14-7-8-16(20-14)13-18(10-5-9-17(2)3)12-15-6-4-11-19-15/h4,6-8,11H,5,9-10,12-13H2,1-3H3. The average molecular weight is 292 g/mol. The largest absolute Gasteiger partial charge is 0.468 e. The van der Waals surface area contributed by atoms with Crippen molar-refractivity contribution in [1.82, 2.24) is 9.80 Å². The van der Waals surface area contributed by atoms with Crippen LogP contribution < -0.4 is 0 Å². The van der Waals surface area contributed by atoms with Gasteiger partial charge < -0.3 is 9.32 Å². The summed E-state index contributed by atoms with van der Waals surface area (Å²) in [7, 11) is 4.25. The fourth-order valence-corrected chi connectivity index (χ4v) is 3.17. The van der Waals surface area contributed by atoms with E-state index in [1.54, 1.807) is 6.26 Å².